The molecule has 1 aromatic rings. The lowest BCUT2D eigenvalue weighted by molar-refractivity contribution is -0.190. The van der Waals surface area contributed by atoms with Crippen LogP contribution in [0.1, 0.15) is 37.6 Å². The fraction of sp³-hybridized carbons (Fsp3) is 0.500. The lowest BCUT2D eigenvalue weighted by Crippen LogP contribution is -2.76. The average Bonchev–Trinajstić information content (AvgIpc) is 2.45. The van der Waals surface area contributed by atoms with E-state index in [1.807, 2.05) is 6.92 Å². The molecule has 1 fully saturated rings. The predicted octanol–water partition coefficient (Wildman–Crippen LogP) is 2.73. The largest absolute Gasteiger partial charge is 0.479 e. The summed E-state index contributed by atoms with van der Waals surface area (Å²) >= 11 is 6.01. The van der Waals surface area contributed by atoms with Gasteiger partial charge in [0.1, 0.15) is 5.54 Å². The molecule has 0 heterocycles. The number of carbonyl (C=O) groups excluding carboxylic acids is 1. The number of halogens is 1. The maximum absolute atomic E-state index is 12.4. The SMILES string of the molecule is CCOC1CC(NC(=O)c2ccccc2Cl)(C(=O)O)C1(C)C. The molecule has 2 rings (SSSR count). The summed E-state index contributed by atoms with van der Waals surface area (Å²) in [5.41, 5.74) is -1.81. The molecule has 0 aliphatic heterocycles. The summed E-state index contributed by atoms with van der Waals surface area (Å²) in [7, 11) is 0. The zero-order valence-electron chi connectivity index (χ0n) is 12.9. The van der Waals surface area contributed by atoms with E-state index < -0.39 is 22.8 Å². The van der Waals surface area contributed by atoms with Crippen LogP contribution in [0.5, 0.6) is 0 Å². The van der Waals surface area contributed by atoms with Crippen molar-refractivity contribution < 1.29 is 19.4 Å². The van der Waals surface area contributed by atoms with Crippen molar-refractivity contribution in [1.29, 1.82) is 0 Å². The number of amides is 1. The molecule has 0 aromatic heterocycles. The van der Waals surface area contributed by atoms with Crippen LogP contribution >= 0.6 is 11.6 Å². The van der Waals surface area contributed by atoms with Gasteiger partial charge in [-0.1, -0.05) is 37.6 Å². The number of ether oxygens (including phenoxy) is 1. The Morgan fingerprint density at radius 1 is 1.41 bits per heavy atom. The zero-order chi connectivity index (χ0) is 16.5. The van der Waals surface area contributed by atoms with Gasteiger partial charge in [-0.3, -0.25) is 4.79 Å². The highest BCUT2D eigenvalue weighted by Crippen LogP contribution is 2.51. The van der Waals surface area contributed by atoms with Crippen LogP contribution in [0.25, 0.3) is 0 Å². The molecule has 2 atom stereocenters. The minimum atomic E-state index is -1.36. The van der Waals surface area contributed by atoms with Crippen molar-refractivity contribution in [3.05, 3.63) is 34.9 Å². The molecule has 0 saturated heterocycles. The van der Waals surface area contributed by atoms with Gasteiger partial charge >= 0.3 is 5.97 Å². The summed E-state index contributed by atoms with van der Waals surface area (Å²) in [4.78, 5) is 24.2. The molecule has 2 unspecified atom stereocenters. The van der Waals surface area contributed by atoms with Gasteiger partial charge in [0.25, 0.3) is 5.91 Å². The van der Waals surface area contributed by atoms with Crippen LogP contribution in [0, 0.1) is 5.41 Å². The number of benzene rings is 1. The summed E-state index contributed by atoms with van der Waals surface area (Å²) in [5, 5.41) is 12.6. The van der Waals surface area contributed by atoms with Gasteiger partial charge in [0, 0.05) is 18.4 Å². The second kappa shape index (κ2) is 5.89. The minimum absolute atomic E-state index is 0.208. The van der Waals surface area contributed by atoms with Crippen LogP contribution in [-0.4, -0.2) is 35.2 Å². The second-order valence-corrected chi connectivity index (χ2v) is 6.42. The average molecular weight is 326 g/mol. The Bertz CT molecular complexity index is 602. The van der Waals surface area contributed by atoms with Gasteiger partial charge in [-0.2, -0.15) is 0 Å². The zero-order valence-corrected chi connectivity index (χ0v) is 13.6. The molecule has 0 spiro atoms. The molecule has 5 nitrogen and oxygen atoms in total. The lowest BCUT2D eigenvalue weighted by Gasteiger charge is -2.58. The molecular formula is C16H20ClNO4. The van der Waals surface area contributed by atoms with E-state index in [1.165, 1.54) is 0 Å². The van der Waals surface area contributed by atoms with Gasteiger partial charge in [0.05, 0.1) is 16.7 Å². The molecule has 1 aliphatic rings. The lowest BCUT2D eigenvalue weighted by atomic mass is 9.54. The van der Waals surface area contributed by atoms with E-state index >= 15 is 0 Å². The number of carboxylic acid groups (broad SMARTS) is 1. The molecule has 1 aliphatic carbocycles. The van der Waals surface area contributed by atoms with Gasteiger partial charge in [0.15, 0.2) is 0 Å². The highest BCUT2D eigenvalue weighted by atomic mass is 35.5. The molecular weight excluding hydrogens is 306 g/mol. The maximum Gasteiger partial charge on any atom is 0.330 e. The summed E-state index contributed by atoms with van der Waals surface area (Å²) in [5.74, 6) is -1.55. The number of nitrogens with one attached hydrogen (secondary N) is 1. The van der Waals surface area contributed by atoms with E-state index in [4.69, 9.17) is 16.3 Å². The van der Waals surface area contributed by atoms with Gasteiger partial charge < -0.3 is 15.2 Å². The summed E-state index contributed by atoms with van der Waals surface area (Å²) in [6.45, 7) is 5.94. The van der Waals surface area contributed by atoms with E-state index in [9.17, 15) is 14.7 Å². The third kappa shape index (κ3) is 2.48. The van der Waals surface area contributed by atoms with Crippen molar-refractivity contribution in [2.45, 2.75) is 38.8 Å². The fourth-order valence-corrected chi connectivity index (χ4v) is 3.17. The Morgan fingerprint density at radius 2 is 2.05 bits per heavy atom. The second-order valence-electron chi connectivity index (χ2n) is 6.01. The van der Waals surface area contributed by atoms with Crippen molar-refractivity contribution in [1.82, 2.24) is 5.32 Å². The van der Waals surface area contributed by atoms with E-state index in [-0.39, 0.29) is 18.1 Å². The van der Waals surface area contributed by atoms with Crippen LogP contribution < -0.4 is 5.32 Å². The van der Waals surface area contributed by atoms with Crippen molar-refractivity contribution >= 4 is 23.5 Å². The Labute approximate surface area is 134 Å². The number of hydrogen-bond donors (Lipinski definition) is 2. The number of rotatable bonds is 5. The van der Waals surface area contributed by atoms with Crippen molar-refractivity contribution in [3.8, 4) is 0 Å². The summed E-state index contributed by atoms with van der Waals surface area (Å²) in [6, 6.07) is 6.56. The normalized spacial score (nSPS) is 26.1. The topological polar surface area (TPSA) is 75.6 Å². The molecule has 1 aromatic carbocycles. The molecule has 120 valence electrons. The standard InChI is InChI=1S/C16H20ClNO4/c1-4-22-12-9-16(14(20)21,15(12,2)3)18-13(19)10-7-5-6-8-11(10)17/h5-8,12H,4,9H2,1-3H3,(H,18,19)(H,20,21). The van der Waals surface area contributed by atoms with Crippen LogP contribution in [0.15, 0.2) is 24.3 Å². The van der Waals surface area contributed by atoms with E-state index in [1.54, 1.807) is 38.1 Å². The van der Waals surface area contributed by atoms with Gasteiger partial charge in [-0.05, 0) is 19.1 Å². The van der Waals surface area contributed by atoms with Crippen LogP contribution in [0.3, 0.4) is 0 Å². The number of carboxylic acids is 1. The Kier molecular flexibility index (Phi) is 4.49. The third-order valence-electron chi connectivity index (χ3n) is 4.57. The first kappa shape index (κ1) is 16.8. The molecule has 22 heavy (non-hydrogen) atoms. The fourth-order valence-electron chi connectivity index (χ4n) is 2.94. The molecule has 1 saturated carbocycles. The van der Waals surface area contributed by atoms with E-state index in [0.29, 0.717) is 11.6 Å². The first-order valence-corrected chi connectivity index (χ1v) is 7.56. The maximum atomic E-state index is 12.4. The van der Waals surface area contributed by atoms with Crippen LogP contribution in [0.2, 0.25) is 5.02 Å². The first-order chi connectivity index (χ1) is 10.3. The third-order valence-corrected chi connectivity index (χ3v) is 4.90. The number of aliphatic carboxylic acids is 1. The smallest absolute Gasteiger partial charge is 0.330 e. The summed E-state index contributed by atoms with van der Waals surface area (Å²) < 4.78 is 5.57. The highest BCUT2D eigenvalue weighted by molar-refractivity contribution is 6.33. The predicted molar refractivity (Wildman–Crippen MR) is 83.1 cm³/mol. The molecule has 0 radical (unpaired) electrons. The van der Waals surface area contributed by atoms with Gasteiger partial charge in [0.2, 0.25) is 0 Å². The van der Waals surface area contributed by atoms with Crippen molar-refractivity contribution in [3.63, 3.8) is 0 Å². The van der Waals surface area contributed by atoms with Crippen molar-refractivity contribution in [2.75, 3.05) is 6.61 Å². The molecule has 2 N–H and O–H groups in total. The molecule has 0 bridgehead atoms. The van der Waals surface area contributed by atoms with Crippen LogP contribution in [-0.2, 0) is 9.53 Å². The minimum Gasteiger partial charge on any atom is -0.479 e. The van der Waals surface area contributed by atoms with Crippen LogP contribution in [0.4, 0.5) is 0 Å². The summed E-state index contributed by atoms with van der Waals surface area (Å²) in [6.07, 6.45) is 0.0273. The van der Waals surface area contributed by atoms with E-state index in [0.717, 1.165) is 0 Å². The quantitative estimate of drug-likeness (QED) is 0.872. The monoisotopic (exact) mass is 325 g/mol. The van der Waals surface area contributed by atoms with Gasteiger partial charge in [-0.25, -0.2) is 4.79 Å². The van der Waals surface area contributed by atoms with Gasteiger partial charge in [-0.15, -0.1) is 0 Å². The Balaban J connectivity index is 2.27. The number of hydrogen-bond acceptors (Lipinski definition) is 3. The number of carbonyl (C=O) groups is 2. The first-order valence-electron chi connectivity index (χ1n) is 7.18. The molecule has 1 amide bonds. The van der Waals surface area contributed by atoms with Crippen molar-refractivity contribution in [2.24, 2.45) is 5.41 Å². The molecule has 6 heteroatoms. The Morgan fingerprint density at radius 3 is 2.55 bits per heavy atom. The Hall–Kier alpha value is -1.59. The highest BCUT2D eigenvalue weighted by Gasteiger charge is 2.66. The van der Waals surface area contributed by atoms with E-state index in [2.05, 4.69) is 5.32 Å².